The number of amides is 1. The van der Waals surface area contributed by atoms with Crippen LogP contribution in [0.5, 0.6) is 5.75 Å². The number of benzene rings is 2. The number of hydrogen-bond donors (Lipinski definition) is 1. The van der Waals surface area contributed by atoms with Crippen LogP contribution in [0.15, 0.2) is 48.5 Å². The molecule has 0 aromatic heterocycles. The first kappa shape index (κ1) is 24.4. The monoisotopic (exact) mass is 425 g/mol. The Morgan fingerprint density at radius 3 is 1.87 bits per heavy atom. The Hall–Kier alpha value is -2.82. The number of ether oxygens (including phenoxy) is 1. The second-order valence-electron chi connectivity index (χ2n) is 8.04. The van der Waals surface area contributed by atoms with Crippen molar-refractivity contribution >= 4 is 11.9 Å². The molecule has 0 spiro atoms. The largest absolute Gasteiger partial charge is 0.482 e. The summed E-state index contributed by atoms with van der Waals surface area (Å²) in [5.74, 6) is -0.492. The number of carboxylic acid groups (broad SMARTS) is 1. The SMILES string of the molecule is CCCCCCCCc1ccc(CN(Cc2ccc(OCC(=O)O)cc2)C(C)=O)cc1. The van der Waals surface area contributed by atoms with E-state index in [-0.39, 0.29) is 12.5 Å². The van der Waals surface area contributed by atoms with Gasteiger partial charge in [0, 0.05) is 20.0 Å². The van der Waals surface area contributed by atoms with E-state index < -0.39 is 5.97 Å². The van der Waals surface area contributed by atoms with Gasteiger partial charge in [-0.3, -0.25) is 4.79 Å². The molecule has 0 aliphatic heterocycles. The summed E-state index contributed by atoms with van der Waals surface area (Å²) in [7, 11) is 0. The summed E-state index contributed by atoms with van der Waals surface area (Å²) >= 11 is 0. The molecule has 0 saturated carbocycles. The predicted molar refractivity (Wildman–Crippen MR) is 123 cm³/mol. The molecule has 31 heavy (non-hydrogen) atoms. The Morgan fingerprint density at radius 1 is 0.806 bits per heavy atom. The van der Waals surface area contributed by atoms with E-state index >= 15 is 0 Å². The molecule has 0 atom stereocenters. The van der Waals surface area contributed by atoms with Crippen LogP contribution in [0, 0.1) is 0 Å². The first-order chi connectivity index (χ1) is 15.0. The molecule has 1 N–H and O–H groups in total. The minimum Gasteiger partial charge on any atom is -0.482 e. The number of carbonyl (C=O) groups is 2. The minimum atomic E-state index is -1.01. The van der Waals surface area contributed by atoms with Gasteiger partial charge in [-0.25, -0.2) is 4.79 Å². The zero-order valence-electron chi connectivity index (χ0n) is 18.8. The molecule has 0 bridgehead atoms. The standard InChI is InChI=1S/C26H35NO4/c1-3-4-5-6-7-8-9-22-10-12-23(13-11-22)18-27(21(2)28)19-24-14-16-25(17-15-24)31-20-26(29)30/h10-17H,3-9,18-20H2,1-2H3,(H,29,30). The van der Waals surface area contributed by atoms with Crippen molar-refractivity contribution in [2.45, 2.75) is 71.9 Å². The van der Waals surface area contributed by atoms with E-state index in [9.17, 15) is 9.59 Å². The Balaban J connectivity index is 1.84. The molecule has 2 aromatic carbocycles. The lowest BCUT2D eigenvalue weighted by Gasteiger charge is -2.21. The molecule has 168 valence electrons. The van der Waals surface area contributed by atoms with Gasteiger partial charge >= 0.3 is 5.97 Å². The van der Waals surface area contributed by atoms with Crippen molar-refractivity contribution in [3.05, 3.63) is 65.2 Å². The number of carbonyl (C=O) groups excluding carboxylic acids is 1. The number of aliphatic carboxylic acids is 1. The molecule has 0 fully saturated rings. The molecule has 1 amide bonds. The van der Waals surface area contributed by atoms with Crippen LogP contribution < -0.4 is 4.74 Å². The molecule has 0 saturated heterocycles. The maximum Gasteiger partial charge on any atom is 0.341 e. The second-order valence-corrected chi connectivity index (χ2v) is 8.04. The topological polar surface area (TPSA) is 66.8 Å². The van der Waals surface area contributed by atoms with Crippen molar-refractivity contribution in [3.8, 4) is 5.75 Å². The molecular weight excluding hydrogens is 390 g/mol. The average Bonchev–Trinajstić information content (AvgIpc) is 2.76. The molecular formula is C26H35NO4. The van der Waals surface area contributed by atoms with E-state index in [0.29, 0.717) is 18.8 Å². The number of nitrogens with zero attached hydrogens (tertiary/aromatic N) is 1. The van der Waals surface area contributed by atoms with Crippen molar-refractivity contribution in [1.29, 1.82) is 0 Å². The van der Waals surface area contributed by atoms with Crippen molar-refractivity contribution < 1.29 is 19.4 Å². The molecule has 5 nitrogen and oxygen atoms in total. The highest BCUT2D eigenvalue weighted by molar-refractivity contribution is 5.73. The predicted octanol–water partition coefficient (Wildman–Crippen LogP) is 5.60. The molecule has 0 aliphatic rings. The van der Waals surface area contributed by atoms with Gasteiger partial charge in [-0.2, -0.15) is 0 Å². The van der Waals surface area contributed by atoms with Gasteiger partial charge in [0.05, 0.1) is 0 Å². The molecule has 0 aliphatic carbocycles. The van der Waals surface area contributed by atoms with Crippen LogP contribution in [0.2, 0.25) is 0 Å². The second kappa shape index (κ2) is 13.5. The van der Waals surface area contributed by atoms with E-state index in [0.717, 1.165) is 17.5 Å². The van der Waals surface area contributed by atoms with Crippen molar-refractivity contribution in [3.63, 3.8) is 0 Å². The molecule has 2 rings (SSSR count). The number of unbranched alkanes of at least 4 members (excludes halogenated alkanes) is 5. The summed E-state index contributed by atoms with van der Waals surface area (Å²) in [5.41, 5.74) is 3.44. The number of aryl methyl sites for hydroxylation is 1. The normalized spacial score (nSPS) is 10.6. The Bertz CT molecular complexity index is 799. The van der Waals surface area contributed by atoms with E-state index in [1.54, 1.807) is 24.0 Å². The number of rotatable bonds is 14. The van der Waals surface area contributed by atoms with Crippen LogP contribution in [-0.4, -0.2) is 28.5 Å². The molecule has 5 heteroatoms. The summed E-state index contributed by atoms with van der Waals surface area (Å²) in [6.45, 7) is 4.51. The van der Waals surface area contributed by atoms with Crippen molar-refractivity contribution in [2.24, 2.45) is 0 Å². The average molecular weight is 426 g/mol. The van der Waals surface area contributed by atoms with Gasteiger partial charge in [-0.15, -0.1) is 0 Å². The highest BCUT2D eigenvalue weighted by Gasteiger charge is 2.11. The lowest BCUT2D eigenvalue weighted by molar-refractivity contribution is -0.139. The quantitative estimate of drug-likeness (QED) is 0.400. The maximum atomic E-state index is 12.1. The lowest BCUT2D eigenvalue weighted by Crippen LogP contribution is -2.27. The van der Waals surface area contributed by atoms with Crippen molar-refractivity contribution in [2.75, 3.05) is 6.61 Å². The van der Waals surface area contributed by atoms with Gasteiger partial charge in [0.2, 0.25) is 5.91 Å². The first-order valence-electron chi connectivity index (χ1n) is 11.2. The van der Waals surface area contributed by atoms with E-state index in [4.69, 9.17) is 9.84 Å². The summed E-state index contributed by atoms with van der Waals surface area (Å²) < 4.78 is 5.15. The fourth-order valence-corrected chi connectivity index (χ4v) is 3.48. The van der Waals surface area contributed by atoms with Crippen LogP contribution in [0.4, 0.5) is 0 Å². The van der Waals surface area contributed by atoms with Gasteiger partial charge < -0.3 is 14.7 Å². The Labute approximate surface area is 186 Å². The van der Waals surface area contributed by atoms with Crippen molar-refractivity contribution in [1.82, 2.24) is 4.90 Å². The van der Waals surface area contributed by atoms with Crippen LogP contribution in [0.25, 0.3) is 0 Å². The first-order valence-corrected chi connectivity index (χ1v) is 11.2. The number of hydrogen-bond acceptors (Lipinski definition) is 3. The summed E-state index contributed by atoms with van der Waals surface area (Å²) in [6.07, 6.45) is 8.92. The Morgan fingerprint density at radius 2 is 1.32 bits per heavy atom. The molecule has 0 radical (unpaired) electrons. The van der Waals surface area contributed by atoms with Gasteiger partial charge in [-0.1, -0.05) is 75.4 Å². The van der Waals surface area contributed by atoms with E-state index in [1.165, 1.54) is 44.1 Å². The fourth-order valence-electron chi connectivity index (χ4n) is 3.48. The number of carboxylic acids is 1. The van der Waals surface area contributed by atoms with Gasteiger partial charge in [0.1, 0.15) is 5.75 Å². The van der Waals surface area contributed by atoms with Gasteiger partial charge in [0.25, 0.3) is 0 Å². The smallest absolute Gasteiger partial charge is 0.341 e. The summed E-state index contributed by atoms with van der Waals surface area (Å²) in [5, 5.41) is 8.68. The Kier molecular flexibility index (Phi) is 10.6. The molecule has 2 aromatic rings. The highest BCUT2D eigenvalue weighted by atomic mass is 16.5. The van der Waals surface area contributed by atoms with E-state index in [2.05, 4.69) is 31.2 Å². The maximum absolute atomic E-state index is 12.1. The fraction of sp³-hybridized carbons (Fsp3) is 0.462. The van der Waals surface area contributed by atoms with Gasteiger partial charge in [-0.05, 0) is 41.7 Å². The van der Waals surface area contributed by atoms with Crippen LogP contribution in [0.3, 0.4) is 0 Å². The third-order valence-corrected chi connectivity index (χ3v) is 5.32. The zero-order valence-corrected chi connectivity index (χ0v) is 18.8. The van der Waals surface area contributed by atoms with E-state index in [1.807, 2.05) is 12.1 Å². The van der Waals surface area contributed by atoms with Crippen LogP contribution in [0.1, 0.15) is 69.1 Å². The third-order valence-electron chi connectivity index (χ3n) is 5.32. The van der Waals surface area contributed by atoms with Gasteiger partial charge in [0.15, 0.2) is 6.61 Å². The summed E-state index contributed by atoms with van der Waals surface area (Å²) in [4.78, 5) is 24.5. The van der Waals surface area contributed by atoms with Crippen LogP contribution >= 0.6 is 0 Å². The van der Waals surface area contributed by atoms with Crippen LogP contribution in [-0.2, 0) is 29.1 Å². The summed E-state index contributed by atoms with van der Waals surface area (Å²) in [6, 6.07) is 15.8. The highest BCUT2D eigenvalue weighted by Crippen LogP contribution is 2.17. The minimum absolute atomic E-state index is 0.0161. The zero-order chi connectivity index (χ0) is 22.5. The molecule has 0 unspecified atom stereocenters. The molecule has 0 heterocycles. The lowest BCUT2D eigenvalue weighted by atomic mass is 10.0. The third kappa shape index (κ3) is 9.69.